The molecule has 1 atom stereocenters. The van der Waals surface area contributed by atoms with E-state index in [-0.39, 0.29) is 6.04 Å². The molecule has 14 heavy (non-hydrogen) atoms. The number of carbonyl (C=O) groups excluding carboxylic acids is 1. The van der Waals surface area contributed by atoms with Crippen LogP contribution >= 0.6 is 0 Å². The molecule has 0 spiro atoms. The van der Waals surface area contributed by atoms with Crippen LogP contribution in [0.5, 0.6) is 0 Å². The molecule has 1 aromatic rings. The number of nitrogens with two attached hydrogens (primary N) is 1. The largest absolute Gasteiger partial charge is 0.352 e. The normalized spacial score (nSPS) is 19.1. The Morgan fingerprint density at radius 3 is 3.07 bits per heavy atom. The van der Waals surface area contributed by atoms with Crippen molar-refractivity contribution in [1.29, 1.82) is 0 Å². The monoisotopic (exact) mass is 190 g/mol. The lowest BCUT2D eigenvalue weighted by Gasteiger charge is -2.11. The molecule has 0 fully saturated rings. The number of primary amides is 1. The Balaban J connectivity index is 2.26. The molecular weight excluding hydrogens is 176 g/mol. The summed E-state index contributed by atoms with van der Waals surface area (Å²) in [5.74, 6) is 0. The lowest BCUT2D eigenvalue weighted by Crippen LogP contribution is -2.32. The highest BCUT2D eigenvalue weighted by atomic mass is 16.2. The van der Waals surface area contributed by atoms with Gasteiger partial charge in [0.15, 0.2) is 0 Å². The van der Waals surface area contributed by atoms with E-state index in [9.17, 15) is 4.79 Å². The van der Waals surface area contributed by atoms with Crippen molar-refractivity contribution >= 4 is 6.03 Å². The summed E-state index contributed by atoms with van der Waals surface area (Å²) >= 11 is 0. The lowest BCUT2D eigenvalue weighted by molar-refractivity contribution is 0.245. The number of hydrogen-bond donors (Lipinski definition) is 2. The highest BCUT2D eigenvalue weighted by molar-refractivity contribution is 5.72. The number of carbonyl (C=O) groups is 1. The predicted octanol–water partition coefficient (Wildman–Crippen LogP) is 1.65. The SMILES string of the molecule is Cc1ccc2c(c1)CCC2NC(N)=O. The van der Waals surface area contributed by atoms with Crippen molar-refractivity contribution in [1.82, 2.24) is 5.32 Å². The van der Waals surface area contributed by atoms with Crippen LogP contribution < -0.4 is 11.1 Å². The van der Waals surface area contributed by atoms with E-state index in [1.54, 1.807) is 0 Å². The Kier molecular flexibility index (Phi) is 2.15. The Morgan fingerprint density at radius 1 is 1.57 bits per heavy atom. The van der Waals surface area contributed by atoms with Crippen LogP contribution in [0, 0.1) is 6.92 Å². The third kappa shape index (κ3) is 1.58. The van der Waals surface area contributed by atoms with Crippen LogP contribution in [0.1, 0.15) is 29.2 Å². The average molecular weight is 190 g/mol. The number of fused-ring (bicyclic) bond motifs is 1. The zero-order valence-corrected chi connectivity index (χ0v) is 8.21. The van der Waals surface area contributed by atoms with Crippen LogP contribution in [-0.2, 0) is 6.42 Å². The van der Waals surface area contributed by atoms with Crippen molar-refractivity contribution in [3.8, 4) is 0 Å². The van der Waals surface area contributed by atoms with Crippen molar-refractivity contribution in [3.63, 3.8) is 0 Å². The van der Waals surface area contributed by atoms with Gasteiger partial charge in [0, 0.05) is 0 Å². The molecule has 2 rings (SSSR count). The topological polar surface area (TPSA) is 55.1 Å². The second-order valence-electron chi connectivity index (χ2n) is 3.80. The van der Waals surface area contributed by atoms with Crippen LogP contribution in [0.4, 0.5) is 4.79 Å². The molecule has 3 nitrogen and oxygen atoms in total. The standard InChI is InChI=1S/C11H14N2O/c1-7-2-4-9-8(6-7)3-5-10(9)13-11(12)14/h2,4,6,10H,3,5H2,1H3,(H3,12,13,14). The molecule has 0 radical (unpaired) electrons. The van der Waals surface area contributed by atoms with Crippen molar-refractivity contribution < 1.29 is 4.79 Å². The quantitative estimate of drug-likeness (QED) is 0.695. The molecule has 3 N–H and O–H groups in total. The summed E-state index contributed by atoms with van der Waals surface area (Å²) in [6.07, 6.45) is 1.99. The first-order valence-electron chi connectivity index (χ1n) is 4.82. The van der Waals surface area contributed by atoms with Gasteiger partial charge in [0.25, 0.3) is 0 Å². The van der Waals surface area contributed by atoms with Crippen molar-refractivity contribution in [2.45, 2.75) is 25.8 Å². The maximum atomic E-state index is 10.7. The minimum atomic E-state index is -0.441. The van der Waals surface area contributed by atoms with Gasteiger partial charge in [-0.2, -0.15) is 0 Å². The summed E-state index contributed by atoms with van der Waals surface area (Å²) in [6, 6.07) is 6.00. The van der Waals surface area contributed by atoms with Crippen LogP contribution in [-0.4, -0.2) is 6.03 Å². The number of aryl methyl sites for hydroxylation is 2. The zero-order valence-electron chi connectivity index (χ0n) is 8.21. The minimum absolute atomic E-state index is 0.114. The fraction of sp³-hybridized carbons (Fsp3) is 0.364. The summed E-state index contributed by atoms with van der Waals surface area (Å²) in [7, 11) is 0. The number of hydrogen-bond acceptors (Lipinski definition) is 1. The van der Waals surface area contributed by atoms with Crippen LogP contribution in [0.3, 0.4) is 0 Å². The van der Waals surface area contributed by atoms with Gasteiger partial charge >= 0.3 is 6.03 Å². The summed E-state index contributed by atoms with van der Waals surface area (Å²) in [5, 5.41) is 2.76. The van der Waals surface area contributed by atoms with E-state index < -0.39 is 6.03 Å². The fourth-order valence-electron chi connectivity index (χ4n) is 2.07. The average Bonchev–Trinajstić information content (AvgIpc) is 2.47. The van der Waals surface area contributed by atoms with Gasteiger partial charge in [0.05, 0.1) is 6.04 Å². The van der Waals surface area contributed by atoms with E-state index in [0.29, 0.717) is 0 Å². The van der Waals surface area contributed by atoms with Crippen LogP contribution in [0.25, 0.3) is 0 Å². The van der Waals surface area contributed by atoms with Crippen molar-refractivity contribution in [2.24, 2.45) is 5.73 Å². The molecule has 1 aromatic carbocycles. The van der Waals surface area contributed by atoms with E-state index in [1.165, 1.54) is 16.7 Å². The maximum Gasteiger partial charge on any atom is 0.312 e. The number of amides is 2. The first-order chi connectivity index (χ1) is 6.66. The predicted molar refractivity (Wildman–Crippen MR) is 55.0 cm³/mol. The van der Waals surface area contributed by atoms with Gasteiger partial charge < -0.3 is 11.1 Å². The second-order valence-corrected chi connectivity index (χ2v) is 3.80. The summed E-state index contributed by atoms with van der Waals surface area (Å²) in [6.45, 7) is 2.08. The van der Waals surface area contributed by atoms with E-state index in [2.05, 4.69) is 30.4 Å². The highest BCUT2D eigenvalue weighted by Gasteiger charge is 2.22. The molecule has 1 aliphatic rings. The third-order valence-electron chi connectivity index (χ3n) is 2.69. The number of urea groups is 1. The minimum Gasteiger partial charge on any atom is -0.352 e. The van der Waals surface area contributed by atoms with E-state index in [4.69, 9.17) is 5.73 Å². The zero-order chi connectivity index (χ0) is 10.1. The number of rotatable bonds is 1. The van der Waals surface area contributed by atoms with Gasteiger partial charge in [0.2, 0.25) is 0 Å². The Morgan fingerprint density at radius 2 is 2.36 bits per heavy atom. The number of benzene rings is 1. The molecule has 0 saturated carbocycles. The van der Waals surface area contributed by atoms with Gasteiger partial charge in [-0.05, 0) is 30.9 Å². The molecule has 0 saturated heterocycles. The molecule has 74 valence electrons. The molecule has 3 heteroatoms. The Hall–Kier alpha value is -1.51. The summed E-state index contributed by atoms with van der Waals surface area (Å²) in [4.78, 5) is 10.7. The van der Waals surface area contributed by atoms with Crippen LogP contribution in [0.15, 0.2) is 18.2 Å². The van der Waals surface area contributed by atoms with Gasteiger partial charge in [-0.25, -0.2) is 4.79 Å². The first kappa shape index (κ1) is 9.06. The van der Waals surface area contributed by atoms with Gasteiger partial charge in [0.1, 0.15) is 0 Å². The molecule has 0 aromatic heterocycles. The van der Waals surface area contributed by atoms with Gasteiger partial charge in [-0.15, -0.1) is 0 Å². The van der Waals surface area contributed by atoms with E-state index in [0.717, 1.165) is 12.8 Å². The Bertz CT molecular complexity index is 374. The molecule has 1 unspecified atom stereocenters. The first-order valence-corrected chi connectivity index (χ1v) is 4.82. The summed E-state index contributed by atoms with van der Waals surface area (Å²) < 4.78 is 0. The Labute approximate surface area is 83.3 Å². The van der Waals surface area contributed by atoms with Gasteiger partial charge in [-0.1, -0.05) is 23.8 Å². The van der Waals surface area contributed by atoms with E-state index in [1.807, 2.05) is 0 Å². The second kappa shape index (κ2) is 3.33. The maximum absolute atomic E-state index is 10.7. The third-order valence-corrected chi connectivity index (χ3v) is 2.69. The molecule has 1 aliphatic carbocycles. The van der Waals surface area contributed by atoms with Gasteiger partial charge in [-0.3, -0.25) is 0 Å². The highest BCUT2D eigenvalue weighted by Crippen LogP contribution is 2.31. The fourth-order valence-corrected chi connectivity index (χ4v) is 2.07. The van der Waals surface area contributed by atoms with Crippen molar-refractivity contribution in [3.05, 3.63) is 34.9 Å². The smallest absolute Gasteiger partial charge is 0.312 e. The van der Waals surface area contributed by atoms with E-state index >= 15 is 0 Å². The summed E-state index contributed by atoms with van der Waals surface area (Å²) in [5.41, 5.74) is 8.93. The molecule has 0 bridgehead atoms. The molecule has 0 aliphatic heterocycles. The molecule has 0 heterocycles. The van der Waals surface area contributed by atoms with Crippen molar-refractivity contribution in [2.75, 3.05) is 0 Å². The molecular formula is C11H14N2O. The molecule has 2 amide bonds. The number of nitrogens with one attached hydrogen (secondary N) is 1. The lowest BCUT2D eigenvalue weighted by atomic mass is 10.1. The van der Waals surface area contributed by atoms with Crippen LogP contribution in [0.2, 0.25) is 0 Å².